The van der Waals surface area contributed by atoms with Gasteiger partial charge in [-0.1, -0.05) is 42.1 Å². The van der Waals surface area contributed by atoms with Crippen molar-refractivity contribution in [2.24, 2.45) is 7.05 Å². The van der Waals surface area contributed by atoms with E-state index in [2.05, 4.69) is 41.2 Å². The molecule has 0 aliphatic carbocycles. The summed E-state index contributed by atoms with van der Waals surface area (Å²) in [7, 11) is 1.99. The lowest BCUT2D eigenvalue weighted by atomic mass is 10.2. The maximum Gasteiger partial charge on any atom is 0.230 e. The smallest absolute Gasteiger partial charge is 0.230 e. The van der Waals surface area contributed by atoms with Crippen LogP contribution in [0.3, 0.4) is 0 Å². The number of hydrogen-bond donors (Lipinski definition) is 1. The highest BCUT2D eigenvalue weighted by atomic mass is 32.2. The minimum atomic E-state index is 0.0537. The van der Waals surface area contributed by atoms with Crippen molar-refractivity contribution in [2.45, 2.75) is 37.6 Å². The Hall–Kier alpha value is -1.83. The van der Waals surface area contributed by atoms with E-state index in [4.69, 9.17) is 4.74 Å². The van der Waals surface area contributed by atoms with Gasteiger partial charge in [0.15, 0.2) is 5.16 Å². The number of benzene rings is 1. The Morgan fingerprint density at radius 1 is 1.25 bits per heavy atom. The molecule has 2 aromatic rings. The molecule has 1 aromatic heterocycles. The van der Waals surface area contributed by atoms with Gasteiger partial charge in [-0.2, -0.15) is 0 Å². The quantitative estimate of drug-likeness (QED) is 0.544. The summed E-state index contributed by atoms with van der Waals surface area (Å²) in [4.78, 5) is 19.0. The average Bonchev–Trinajstić information content (AvgIpc) is 3.04. The van der Waals surface area contributed by atoms with E-state index in [0.29, 0.717) is 12.3 Å². The van der Waals surface area contributed by atoms with Crippen LogP contribution < -0.4 is 5.32 Å². The van der Waals surface area contributed by atoms with E-state index in [1.165, 1.54) is 11.8 Å². The van der Waals surface area contributed by atoms with Crippen molar-refractivity contribution in [3.05, 3.63) is 36.5 Å². The molecule has 152 valence electrons. The van der Waals surface area contributed by atoms with Crippen molar-refractivity contribution >= 4 is 17.7 Å². The predicted octanol–water partition coefficient (Wildman–Crippen LogP) is 2.79. The van der Waals surface area contributed by atoms with Crippen LogP contribution in [0, 0.1) is 0 Å². The van der Waals surface area contributed by atoms with Crippen molar-refractivity contribution in [3.8, 4) is 11.3 Å². The van der Waals surface area contributed by atoms with Crippen LogP contribution in [0.1, 0.15) is 20.3 Å². The molecule has 0 bridgehead atoms. The van der Waals surface area contributed by atoms with E-state index in [1.807, 2.05) is 36.0 Å². The van der Waals surface area contributed by atoms with Gasteiger partial charge in [0.25, 0.3) is 0 Å². The summed E-state index contributed by atoms with van der Waals surface area (Å²) in [5.74, 6) is 0.433. The molecule has 2 heterocycles. The van der Waals surface area contributed by atoms with Gasteiger partial charge in [0.2, 0.25) is 5.91 Å². The van der Waals surface area contributed by atoms with Crippen LogP contribution in [0.5, 0.6) is 0 Å². The van der Waals surface area contributed by atoms with Crippen LogP contribution in [0.25, 0.3) is 11.3 Å². The first-order chi connectivity index (χ1) is 13.5. The second-order valence-corrected chi connectivity index (χ2v) is 8.30. The van der Waals surface area contributed by atoms with Gasteiger partial charge in [0, 0.05) is 33.2 Å². The van der Waals surface area contributed by atoms with E-state index in [0.717, 1.165) is 42.5 Å². The van der Waals surface area contributed by atoms with Gasteiger partial charge in [-0.25, -0.2) is 4.98 Å². The van der Waals surface area contributed by atoms with Gasteiger partial charge < -0.3 is 14.6 Å². The second-order valence-electron chi connectivity index (χ2n) is 7.36. The number of aromatic nitrogens is 2. The molecule has 0 radical (unpaired) electrons. The van der Waals surface area contributed by atoms with E-state index >= 15 is 0 Å². The van der Waals surface area contributed by atoms with E-state index in [-0.39, 0.29) is 18.1 Å². The molecule has 1 amide bonds. The Balaban J connectivity index is 1.37. The summed E-state index contributed by atoms with van der Waals surface area (Å²) in [6.45, 7) is 7.86. The van der Waals surface area contributed by atoms with E-state index in [9.17, 15) is 4.79 Å². The molecule has 0 unspecified atom stereocenters. The van der Waals surface area contributed by atoms with Crippen LogP contribution in [0.2, 0.25) is 0 Å². The molecule has 1 aliphatic heterocycles. The molecule has 1 aromatic carbocycles. The minimum absolute atomic E-state index is 0.0537. The van der Waals surface area contributed by atoms with Crippen molar-refractivity contribution in [2.75, 3.05) is 31.9 Å². The summed E-state index contributed by atoms with van der Waals surface area (Å²) < 4.78 is 7.79. The van der Waals surface area contributed by atoms with Crippen LogP contribution in [0.15, 0.2) is 41.7 Å². The summed E-state index contributed by atoms with van der Waals surface area (Å²) in [5, 5.41) is 3.87. The van der Waals surface area contributed by atoms with Crippen molar-refractivity contribution < 1.29 is 9.53 Å². The van der Waals surface area contributed by atoms with E-state index in [1.54, 1.807) is 0 Å². The first kappa shape index (κ1) is 20.9. The lowest BCUT2D eigenvalue weighted by Crippen LogP contribution is -2.46. The summed E-state index contributed by atoms with van der Waals surface area (Å²) in [6, 6.07) is 10.2. The number of rotatable bonds is 8. The Morgan fingerprint density at radius 2 is 1.96 bits per heavy atom. The number of morpholine rings is 1. The molecule has 2 atom stereocenters. The SMILES string of the molecule is C[C@@H]1CN(CCCNC(=O)CSc2ncc(-c3ccccc3)n2C)C[C@H](C)O1. The first-order valence-electron chi connectivity index (χ1n) is 9.87. The molecular weight excluding hydrogens is 372 g/mol. The number of nitrogens with zero attached hydrogens (tertiary/aromatic N) is 3. The summed E-state index contributed by atoms with van der Waals surface area (Å²) in [5.41, 5.74) is 2.18. The van der Waals surface area contributed by atoms with Gasteiger partial charge >= 0.3 is 0 Å². The minimum Gasteiger partial charge on any atom is -0.373 e. The molecular formula is C21H30N4O2S. The zero-order valence-corrected chi connectivity index (χ0v) is 17.7. The molecule has 1 aliphatic rings. The number of hydrogen-bond acceptors (Lipinski definition) is 5. The number of carbonyl (C=O) groups is 1. The fourth-order valence-corrected chi connectivity index (χ4v) is 4.36. The Kier molecular flexibility index (Phi) is 7.53. The van der Waals surface area contributed by atoms with Crippen LogP contribution in [0.4, 0.5) is 0 Å². The molecule has 1 saturated heterocycles. The zero-order chi connectivity index (χ0) is 19.9. The van der Waals surface area contributed by atoms with Crippen LogP contribution in [-0.4, -0.2) is 64.5 Å². The zero-order valence-electron chi connectivity index (χ0n) is 16.9. The molecule has 1 N–H and O–H groups in total. The molecule has 1 fully saturated rings. The standard InChI is InChI=1S/C21H30N4O2S/c1-16-13-25(14-17(2)27-16)11-7-10-22-20(26)15-28-21-23-12-19(24(21)3)18-8-5-4-6-9-18/h4-6,8-9,12,16-17H,7,10-11,13-15H2,1-3H3,(H,22,26)/t16-,17+. The number of amides is 1. The molecule has 6 nitrogen and oxygen atoms in total. The van der Waals surface area contributed by atoms with Crippen molar-refractivity contribution in [3.63, 3.8) is 0 Å². The van der Waals surface area contributed by atoms with Gasteiger partial charge in [0.1, 0.15) is 0 Å². The Bertz CT molecular complexity index is 755. The third-order valence-electron chi connectivity index (χ3n) is 4.82. The number of ether oxygens (including phenoxy) is 1. The summed E-state index contributed by atoms with van der Waals surface area (Å²) in [6.07, 6.45) is 3.39. The maximum absolute atomic E-state index is 12.2. The highest BCUT2D eigenvalue weighted by molar-refractivity contribution is 7.99. The normalized spacial score (nSPS) is 20.2. The monoisotopic (exact) mass is 402 g/mol. The van der Waals surface area contributed by atoms with E-state index < -0.39 is 0 Å². The van der Waals surface area contributed by atoms with Crippen LogP contribution in [-0.2, 0) is 16.6 Å². The van der Waals surface area contributed by atoms with Gasteiger partial charge in [-0.3, -0.25) is 9.69 Å². The highest BCUT2D eigenvalue weighted by Gasteiger charge is 2.21. The largest absolute Gasteiger partial charge is 0.373 e. The van der Waals surface area contributed by atoms with Crippen molar-refractivity contribution in [1.82, 2.24) is 19.8 Å². The average molecular weight is 403 g/mol. The Labute approximate surface area is 171 Å². The third kappa shape index (κ3) is 5.83. The topological polar surface area (TPSA) is 59.4 Å². The summed E-state index contributed by atoms with van der Waals surface area (Å²) >= 11 is 1.47. The van der Waals surface area contributed by atoms with Gasteiger partial charge in [0.05, 0.1) is 29.9 Å². The highest BCUT2D eigenvalue weighted by Crippen LogP contribution is 2.24. The lowest BCUT2D eigenvalue weighted by Gasteiger charge is -2.35. The maximum atomic E-state index is 12.2. The molecule has 7 heteroatoms. The second kappa shape index (κ2) is 10.1. The third-order valence-corrected chi connectivity index (χ3v) is 5.86. The number of imidazole rings is 1. The fourth-order valence-electron chi connectivity index (χ4n) is 3.58. The fraction of sp³-hybridized carbons (Fsp3) is 0.524. The lowest BCUT2D eigenvalue weighted by molar-refractivity contribution is -0.118. The molecule has 0 saturated carbocycles. The van der Waals surface area contributed by atoms with Crippen molar-refractivity contribution in [1.29, 1.82) is 0 Å². The first-order valence-corrected chi connectivity index (χ1v) is 10.9. The predicted molar refractivity (Wildman–Crippen MR) is 113 cm³/mol. The number of carbonyl (C=O) groups excluding carboxylic acids is 1. The van der Waals surface area contributed by atoms with Gasteiger partial charge in [-0.05, 0) is 25.8 Å². The molecule has 28 heavy (non-hydrogen) atoms. The van der Waals surface area contributed by atoms with Crippen LogP contribution >= 0.6 is 11.8 Å². The molecule has 3 rings (SSSR count). The number of thioether (sulfide) groups is 1. The number of nitrogens with one attached hydrogen (secondary N) is 1. The van der Waals surface area contributed by atoms with Gasteiger partial charge in [-0.15, -0.1) is 0 Å². The molecule has 0 spiro atoms. The Morgan fingerprint density at radius 3 is 2.68 bits per heavy atom.